The lowest BCUT2D eigenvalue weighted by Crippen LogP contribution is -2.19. The van der Waals surface area contributed by atoms with Gasteiger partial charge >= 0.3 is 0 Å². The molecule has 0 aromatic heterocycles. The van der Waals surface area contributed by atoms with Crippen molar-refractivity contribution in [3.63, 3.8) is 0 Å². The molecule has 0 heterocycles. The molecular weight excluding hydrogens is 313 g/mol. The molecule has 4 heteroatoms. The first-order chi connectivity index (χ1) is 9.51. The quantitative estimate of drug-likeness (QED) is 0.786. The summed E-state index contributed by atoms with van der Waals surface area (Å²) in [6.07, 6.45) is 0.759. The van der Waals surface area contributed by atoms with Gasteiger partial charge in [-0.1, -0.05) is 46.9 Å². The molecule has 2 rings (SSSR count). The number of hydrogen-bond acceptors (Lipinski definition) is 1. The van der Waals surface area contributed by atoms with E-state index >= 15 is 0 Å². The highest BCUT2D eigenvalue weighted by atomic mass is 35.5. The predicted molar refractivity (Wildman–Crippen MR) is 88.2 cm³/mol. The van der Waals surface area contributed by atoms with Gasteiger partial charge in [-0.05, 0) is 61.3 Å². The van der Waals surface area contributed by atoms with Crippen LogP contribution in [0, 0.1) is 6.92 Å². The summed E-state index contributed by atoms with van der Waals surface area (Å²) in [5.41, 5.74) is 3.24. The van der Waals surface area contributed by atoms with E-state index in [1.54, 1.807) is 6.07 Å². The summed E-state index contributed by atoms with van der Waals surface area (Å²) in [7, 11) is 1.93. The van der Waals surface area contributed by atoms with E-state index in [0.29, 0.717) is 5.02 Å². The van der Waals surface area contributed by atoms with Crippen LogP contribution in [0.3, 0.4) is 0 Å². The van der Waals surface area contributed by atoms with E-state index in [0.717, 1.165) is 33.2 Å². The smallest absolute Gasteiger partial charge is 0.0439 e. The molecule has 2 aromatic rings. The Kier molecular flexibility index (Phi) is 5.34. The summed E-state index contributed by atoms with van der Waals surface area (Å²) < 4.78 is 0. The maximum Gasteiger partial charge on any atom is 0.0439 e. The number of halogens is 3. The van der Waals surface area contributed by atoms with Crippen molar-refractivity contribution >= 4 is 34.8 Å². The zero-order chi connectivity index (χ0) is 14.7. The second-order valence-electron chi connectivity index (χ2n) is 4.79. The number of nitrogens with one attached hydrogen (secondary N) is 1. The normalized spacial score (nSPS) is 12.4. The van der Waals surface area contributed by atoms with Crippen molar-refractivity contribution in [3.8, 4) is 0 Å². The third-order valence-electron chi connectivity index (χ3n) is 3.38. The van der Waals surface area contributed by atoms with Gasteiger partial charge in [0, 0.05) is 21.1 Å². The van der Waals surface area contributed by atoms with Gasteiger partial charge in [0.2, 0.25) is 0 Å². The molecular formula is C16H16Cl3N. The third kappa shape index (κ3) is 3.67. The minimum atomic E-state index is 0.143. The number of benzene rings is 2. The minimum absolute atomic E-state index is 0.143. The summed E-state index contributed by atoms with van der Waals surface area (Å²) in [6, 6.07) is 11.8. The number of rotatable bonds is 4. The molecule has 0 fully saturated rings. The predicted octanol–water partition coefficient (Wildman–Crippen LogP) is 5.46. The Bertz CT molecular complexity index is 611. The largest absolute Gasteiger partial charge is 0.313 e. The lowest BCUT2D eigenvalue weighted by atomic mass is 9.98. The summed E-state index contributed by atoms with van der Waals surface area (Å²) in [5.74, 6) is 0. The van der Waals surface area contributed by atoms with Gasteiger partial charge in [-0.2, -0.15) is 0 Å². The van der Waals surface area contributed by atoms with Gasteiger partial charge < -0.3 is 5.32 Å². The molecule has 20 heavy (non-hydrogen) atoms. The summed E-state index contributed by atoms with van der Waals surface area (Å²) in [6.45, 7) is 1.99. The van der Waals surface area contributed by atoms with Gasteiger partial charge in [-0.15, -0.1) is 0 Å². The Balaban J connectivity index is 2.28. The molecule has 106 valence electrons. The highest BCUT2D eigenvalue weighted by molar-refractivity contribution is 6.33. The fourth-order valence-electron chi connectivity index (χ4n) is 2.13. The summed E-state index contributed by atoms with van der Waals surface area (Å²) >= 11 is 18.5. The SMILES string of the molecule is CNC(Cc1cc(Cl)ccc1Cl)c1ccc(C)c(Cl)c1. The minimum Gasteiger partial charge on any atom is -0.313 e. The van der Waals surface area contributed by atoms with Crippen LogP contribution in [-0.4, -0.2) is 7.05 Å². The van der Waals surface area contributed by atoms with Crippen LogP contribution in [0.25, 0.3) is 0 Å². The molecule has 0 aliphatic heterocycles. The second kappa shape index (κ2) is 6.82. The van der Waals surface area contributed by atoms with Crippen molar-refractivity contribution in [2.75, 3.05) is 7.05 Å². The first kappa shape index (κ1) is 15.7. The van der Waals surface area contributed by atoms with Crippen molar-refractivity contribution in [1.82, 2.24) is 5.32 Å². The number of aryl methyl sites for hydroxylation is 1. The molecule has 1 unspecified atom stereocenters. The molecule has 0 aliphatic rings. The molecule has 1 nitrogen and oxygen atoms in total. The summed E-state index contributed by atoms with van der Waals surface area (Å²) in [5, 5.41) is 5.50. The highest BCUT2D eigenvalue weighted by Gasteiger charge is 2.13. The van der Waals surface area contributed by atoms with Gasteiger partial charge in [0.25, 0.3) is 0 Å². The van der Waals surface area contributed by atoms with Crippen LogP contribution in [0.2, 0.25) is 15.1 Å². The number of hydrogen-bond donors (Lipinski definition) is 1. The molecule has 0 amide bonds. The molecule has 0 aliphatic carbocycles. The average molecular weight is 329 g/mol. The maximum absolute atomic E-state index is 6.23. The van der Waals surface area contributed by atoms with E-state index in [4.69, 9.17) is 34.8 Å². The van der Waals surface area contributed by atoms with Crippen molar-refractivity contribution in [2.24, 2.45) is 0 Å². The van der Waals surface area contributed by atoms with Gasteiger partial charge in [-0.3, -0.25) is 0 Å². The molecule has 2 aromatic carbocycles. The van der Waals surface area contributed by atoms with Gasteiger partial charge in [0.05, 0.1) is 0 Å². The molecule has 1 N–H and O–H groups in total. The van der Waals surface area contributed by atoms with E-state index < -0.39 is 0 Å². The lowest BCUT2D eigenvalue weighted by Gasteiger charge is -2.18. The van der Waals surface area contributed by atoms with Crippen LogP contribution in [0.4, 0.5) is 0 Å². The summed E-state index contributed by atoms with van der Waals surface area (Å²) in [4.78, 5) is 0. The first-order valence-electron chi connectivity index (χ1n) is 6.38. The molecule has 1 atom stereocenters. The fraction of sp³-hybridized carbons (Fsp3) is 0.250. The van der Waals surface area contributed by atoms with Crippen molar-refractivity contribution in [2.45, 2.75) is 19.4 Å². The molecule has 0 spiro atoms. The average Bonchev–Trinajstić information content (AvgIpc) is 2.43. The zero-order valence-electron chi connectivity index (χ0n) is 11.4. The van der Waals surface area contributed by atoms with E-state index in [9.17, 15) is 0 Å². The molecule has 0 saturated carbocycles. The van der Waals surface area contributed by atoms with E-state index in [2.05, 4.69) is 11.4 Å². The molecule has 0 radical (unpaired) electrons. The van der Waals surface area contributed by atoms with Crippen LogP contribution in [0.15, 0.2) is 36.4 Å². The Morgan fingerprint density at radius 1 is 1.00 bits per heavy atom. The monoisotopic (exact) mass is 327 g/mol. The van der Waals surface area contributed by atoms with Crippen molar-refractivity contribution in [3.05, 3.63) is 68.2 Å². The zero-order valence-corrected chi connectivity index (χ0v) is 13.7. The van der Waals surface area contributed by atoms with Crippen LogP contribution in [0.1, 0.15) is 22.7 Å². The van der Waals surface area contributed by atoms with Crippen LogP contribution < -0.4 is 5.32 Å². The topological polar surface area (TPSA) is 12.0 Å². The molecule has 0 bridgehead atoms. The molecule has 0 saturated heterocycles. The van der Waals surface area contributed by atoms with Crippen molar-refractivity contribution in [1.29, 1.82) is 0 Å². The van der Waals surface area contributed by atoms with E-state index in [-0.39, 0.29) is 6.04 Å². The Morgan fingerprint density at radius 3 is 2.40 bits per heavy atom. The lowest BCUT2D eigenvalue weighted by molar-refractivity contribution is 0.592. The first-order valence-corrected chi connectivity index (χ1v) is 7.52. The van der Waals surface area contributed by atoms with Gasteiger partial charge in [-0.25, -0.2) is 0 Å². The van der Waals surface area contributed by atoms with Gasteiger partial charge in [0.1, 0.15) is 0 Å². The van der Waals surface area contributed by atoms with E-state index in [1.807, 2.05) is 38.2 Å². The van der Waals surface area contributed by atoms with Crippen LogP contribution >= 0.6 is 34.8 Å². The van der Waals surface area contributed by atoms with E-state index in [1.165, 1.54) is 0 Å². The van der Waals surface area contributed by atoms with Crippen LogP contribution in [0.5, 0.6) is 0 Å². The Labute approximate surface area is 134 Å². The highest BCUT2D eigenvalue weighted by Crippen LogP contribution is 2.28. The Morgan fingerprint density at radius 2 is 1.75 bits per heavy atom. The van der Waals surface area contributed by atoms with Gasteiger partial charge in [0.15, 0.2) is 0 Å². The van der Waals surface area contributed by atoms with Crippen LogP contribution in [-0.2, 0) is 6.42 Å². The maximum atomic E-state index is 6.23. The Hall–Kier alpha value is -0.730. The fourth-order valence-corrected chi connectivity index (χ4v) is 2.71. The van der Waals surface area contributed by atoms with Crippen molar-refractivity contribution < 1.29 is 0 Å². The standard InChI is InChI=1S/C16H16Cl3N/c1-10-3-4-11(8-15(10)19)16(20-2)9-12-7-13(17)5-6-14(12)18/h3-8,16,20H,9H2,1-2H3. The third-order valence-corrected chi connectivity index (χ3v) is 4.39. The second-order valence-corrected chi connectivity index (χ2v) is 6.04. The number of likely N-dealkylation sites (N-methyl/N-ethyl adjacent to an activating group) is 1.